The highest BCUT2D eigenvalue weighted by atomic mass is 32.2. The van der Waals surface area contributed by atoms with Gasteiger partial charge in [-0.2, -0.15) is 13.2 Å². The van der Waals surface area contributed by atoms with Crippen LogP contribution in [0.1, 0.15) is 36.8 Å². The molecule has 0 N–H and O–H groups in total. The van der Waals surface area contributed by atoms with Gasteiger partial charge >= 0.3 is 6.18 Å². The molecule has 180 valence electrons. The molecule has 1 aliphatic rings. The second-order valence-corrected chi connectivity index (χ2v) is 10.3. The fourth-order valence-corrected chi connectivity index (χ4v) is 5.79. The van der Waals surface area contributed by atoms with Crippen LogP contribution in [0.4, 0.5) is 18.9 Å². The molecule has 0 unspecified atom stereocenters. The van der Waals surface area contributed by atoms with Gasteiger partial charge in [-0.15, -0.1) is 0 Å². The van der Waals surface area contributed by atoms with E-state index in [4.69, 9.17) is 4.74 Å². The van der Waals surface area contributed by atoms with Gasteiger partial charge in [0.2, 0.25) is 0 Å². The predicted octanol–water partition coefficient (Wildman–Crippen LogP) is 6.67. The molecule has 4 rings (SSSR count). The molecule has 0 saturated heterocycles. The number of hydrogen-bond donors (Lipinski definition) is 0. The average molecular weight is 490 g/mol. The van der Waals surface area contributed by atoms with Crippen LogP contribution in [-0.2, 0) is 22.8 Å². The lowest BCUT2D eigenvalue weighted by molar-refractivity contribution is -0.137. The van der Waals surface area contributed by atoms with Gasteiger partial charge in [0.1, 0.15) is 12.4 Å². The van der Waals surface area contributed by atoms with Crippen LogP contribution in [0.3, 0.4) is 0 Å². The summed E-state index contributed by atoms with van der Waals surface area (Å²) in [7, 11) is -4.02. The second-order valence-electron chi connectivity index (χ2n) is 8.45. The summed E-state index contributed by atoms with van der Waals surface area (Å²) < 4.78 is 74.9. The minimum atomic E-state index is -4.59. The van der Waals surface area contributed by atoms with E-state index < -0.39 is 21.8 Å². The normalized spacial score (nSPS) is 14.8. The number of sulfonamides is 1. The quantitative estimate of drug-likeness (QED) is 0.355. The number of nitrogens with zero attached hydrogens (tertiary/aromatic N) is 1. The molecule has 3 aromatic rings. The lowest BCUT2D eigenvalue weighted by atomic mass is 10.1. The van der Waals surface area contributed by atoms with E-state index in [0.717, 1.165) is 43.4 Å². The maximum Gasteiger partial charge on any atom is 0.416 e. The molecule has 1 aliphatic carbocycles. The van der Waals surface area contributed by atoms with Crippen molar-refractivity contribution in [3.05, 3.63) is 90.0 Å². The number of benzene rings is 3. The molecule has 1 saturated carbocycles. The molecule has 0 amide bonds. The SMILES string of the molecule is O=S(=O)(c1ccccc1)N(CC1CCCC1)c1ccc(C(F)(F)F)cc1OCc1ccccc1. The van der Waals surface area contributed by atoms with Crippen molar-refractivity contribution in [1.29, 1.82) is 0 Å². The van der Waals surface area contributed by atoms with Gasteiger partial charge in [-0.25, -0.2) is 8.42 Å². The molecule has 0 aliphatic heterocycles. The van der Waals surface area contributed by atoms with Crippen LogP contribution in [0, 0.1) is 5.92 Å². The summed E-state index contributed by atoms with van der Waals surface area (Å²) in [4.78, 5) is 0.0851. The fraction of sp³-hybridized carbons (Fsp3) is 0.308. The highest BCUT2D eigenvalue weighted by Crippen LogP contribution is 2.40. The molecule has 1 fully saturated rings. The van der Waals surface area contributed by atoms with Gasteiger partial charge in [0.05, 0.1) is 16.1 Å². The smallest absolute Gasteiger partial charge is 0.416 e. The molecule has 4 nitrogen and oxygen atoms in total. The first kappa shape index (κ1) is 24.1. The molecule has 0 radical (unpaired) electrons. The third-order valence-corrected chi connectivity index (χ3v) is 7.82. The van der Waals surface area contributed by atoms with E-state index >= 15 is 0 Å². The molecular formula is C26H26F3NO3S. The molecule has 3 aromatic carbocycles. The Morgan fingerprint density at radius 1 is 0.882 bits per heavy atom. The molecule has 0 spiro atoms. The van der Waals surface area contributed by atoms with Gasteiger partial charge in [-0.1, -0.05) is 61.4 Å². The van der Waals surface area contributed by atoms with Crippen molar-refractivity contribution in [2.75, 3.05) is 10.8 Å². The van der Waals surface area contributed by atoms with Crippen molar-refractivity contribution in [2.45, 2.75) is 43.4 Å². The number of halogens is 3. The van der Waals surface area contributed by atoms with Crippen LogP contribution in [-0.4, -0.2) is 15.0 Å². The van der Waals surface area contributed by atoms with Crippen LogP contribution in [0.15, 0.2) is 83.8 Å². The van der Waals surface area contributed by atoms with Crippen molar-refractivity contribution in [3.8, 4) is 5.75 Å². The summed E-state index contributed by atoms with van der Waals surface area (Å²) in [5.41, 5.74) is -0.0176. The highest BCUT2D eigenvalue weighted by molar-refractivity contribution is 7.92. The van der Waals surface area contributed by atoms with Gasteiger partial charge in [0, 0.05) is 6.54 Å². The molecular weight excluding hydrogens is 463 g/mol. The Kier molecular flexibility index (Phi) is 7.16. The van der Waals surface area contributed by atoms with Crippen LogP contribution < -0.4 is 9.04 Å². The summed E-state index contributed by atoms with van der Waals surface area (Å²) in [5.74, 6) is 0.0129. The zero-order chi connectivity index (χ0) is 24.2. The standard InChI is InChI=1S/C26H26F3NO3S/c27-26(28,29)22-15-16-24(25(17-22)33-19-21-11-3-1-4-12-21)30(18-20-9-7-8-10-20)34(31,32)23-13-5-2-6-14-23/h1-6,11-17,20H,7-10,18-19H2. The van der Waals surface area contributed by atoms with Crippen molar-refractivity contribution in [2.24, 2.45) is 5.92 Å². The summed E-state index contributed by atoms with van der Waals surface area (Å²) in [6, 6.07) is 20.0. The van der Waals surface area contributed by atoms with Crippen LogP contribution in [0.25, 0.3) is 0 Å². The van der Waals surface area contributed by atoms with E-state index in [1.165, 1.54) is 22.5 Å². The Labute approximate surface area is 198 Å². The van der Waals surface area contributed by atoms with E-state index in [1.807, 2.05) is 6.07 Å². The Hall–Kier alpha value is -3.00. The lowest BCUT2D eigenvalue weighted by Crippen LogP contribution is -2.35. The molecule has 0 atom stereocenters. The van der Waals surface area contributed by atoms with E-state index in [2.05, 4.69) is 0 Å². The first-order valence-electron chi connectivity index (χ1n) is 11.2. The van der Waals surface area contributed by atoms with Crippen molar-refractivity contribution in [3.63, 3.8) is 0 Å². The molecule has 0 aromatic heterocycles. The Morgan fingerprint density at radius 2 is 1.50 bits per heavy atom. The topological polar surface area (TPSA) is 46.6 Å². The maximum atomic E-state index is 13.7. The predicted molar refractivity (Wildman–Crippen MR) is 125 cm³/mol. The number of rotatable bonds is 8. The maximum absolute atomic E-state index is 13.7. The van der Waals surface area contributed by atoms with E-state index in [1.54, 1.807) is 42.5 Å². The van der Waals surface area contributed by atoms with E-state index in [9.17, 15) is 21.6 Å². The zero-order valence-electron chi connectivity index (χ0n) is 18.5. The monoisotopic (exact) mass is 489 g/mol. The third-order valence-electron chi connectivity index (χ3n) is 6.02. The Bertz CT molecular complexity index is 1190. The van der Waals surface area contributed by atoms with Crippen molar-refractivity contribution in [1.82, 2.24) is 0 Å². The second kappa shape index (κ2) is 10.1. The highest BCUT2D eigenvalue weighted by Gasteiger charge is 2.35. The summed E-state index contributed by atoms with van der Waals surface area (Å²) in [6.07, 6.45) is -0.816. The molecule has 8 heteroatoms. The van der Waals surface area contributed by atoms with E-state index in [0.29, 0.717) is 0 Å². The van der Waals surface area contributed by atoms with Crippen molar-refractivity contribution >= 4 is 15.7 Å². The molecule has 34 heavy (non-hydrogen) atoms. The fourth-order valence-electron chi connectivity index (χ4n) is 4.22. The summed E-state index contributed by atoms with van der Waals surface area (Å²) >= 11 is 0. The Morgan fingerprint density at radius 3 is 2.12 bits per heavy atom. The number of hydrogen-bond acceptors (Lipinski definition) is 3. The first-order valence-corrected chi connectivity index (χ1v) is 12.6. The van der Waals surface area contributed by atoms with Gasteiger partial charge in [-0.05, 0) is 54.7 Å². The molecule has 0 bridgehead atoms. The van der Waals surface area contributed by atoms with Gasteiger partial charge < -0.3 is 4.74 Å². The van der Waals surface area contributed by atoms with Gasteiger partial charge in [0.15, 0.2) is 0 Å². The van der Waals surface area contributed by atoms with Gasteiger partial charge in [0.25, 0.3) is 10.0 Å². The summed E-state index contributed by atoms with van der Waals surface area (Å²) in [5, 5.41) is 0. The van der Waals surface area contributed by atoms with Crippen LogP contribution >= 0.6 is 0 Å². The van der Waals surface area contributed by atoms with E-state index in [-0.39, 0.29) is 35.4 Å². The zero-order valence-corrected chi connectivity index (χ0v) is 19.4. The summed E-state index contributed by atoms with van der Waals surface area (Å²) in [6.45, 7) is 0.197. The molecule has 0 heterocycles. The number of ether oxygens (including phenoxy) is 1. The number of alkyl halides is 3. The van der Waals surface area contributed by atoms with Crippen molar-refractivity contribution < 1.29 is 26.3 Å². The Balaban J connectivity index is 1.78. The average Bonchev–Trinajstić information content (AvgIpc) is 3.35. The van der Waals surface area contributed by atoms with Crippen LogP contribution in [0.2, 0.25) is 0 Å². The first-order chi connectivity index (χ1) is 16.2. The van der Waals surface area contributed by atoms with Crippen LogP contribution in [0.5, 0.6) is 5.75 Å². The number of anilines is 1. The largest absolute Gasteiger partial charge is 0.487 e. The lowest BCUT2D eigenvalue weighted by Gasteiger charge is -2.29. The van der Waals surface area contributed by atoms with Gasteiger partial charge in [-0.3, -0.25) is 4.31 Å². The third kappa shape index (κ3) is 5.55. The minimum Gasteiger partial charge on any atom is -0.487 e. The minimum absolute atomic E-state index is 0.0117.